The Morgan fingerprint density at radius 3 is 2.56 bits per heavy atom. The molecule has 16 heavy (non-hydrogen) atoms. The van der Waals surface area contributed by atoms with Gasteiger partial charge < -0.3 is 10.6 Å². The number of hydrogen-bond acceptors (Lipinski definition) is 3. The zero-order valence-electron chi connectivity index (χ0n) is 10.3. The van der Waals surface area contributed by atoms with Gasteiger partial charge in [-0.15, -0.1) is 11.3 Å². The maximum absolute atomic E-state index is 11.6. The van der Waals surface area contributed by atoms with E-state index in [2.05, 4.69) is 29.7 Å². The summed E-state index contributed by atoms with van der Waals surface area (Å²) in [6.07, 6.45) is 0. The molecule has 90 valence electrons. The van der Waals surface area contributed by atoms with Crippen LogP contribution >= 0.6 is 11.3 Å². The summed E-state index contributed by atoms with van der Waals surface area (Å²) < 4.78 is 0. The predicted octanol–water partition coefficient (Wildman–Crippen LogP) is 2.23. The van der Waals surface area contributed by atoms with Gasteiger partial charge in [-0.3, -0.25) is 4.79 Å². The SMILES string of the molecule is Cc1ccc(C(C)NC(=O)CNC(C)C)s1. The van der Waals surface area contributed by atoms with E-state index < -0.39 is 0 Å². The van der Waals surface area contributed by atoms with Crippen molar-refractivity contribution in [3.8, 4) is 0 Å². The molecule has 1 aromatic heterocycles. The number of hydrogen-bond donors (Lipinski definition) is 2. The quantitative estimate of drug-likeness (QED) is 0.828. The van der Waals surface area contributed by atoms with Gasteiger partial charge in [0.25, 0.3) is 0 Å². The van der Waals surface area contributed by atoms with Crippen LogP contribution in [0.4, 0.5) is 0 Å². The number of nitrogens with one attached hydrogen (secondary N) is 2. The van der Waals surface area contributed by atoms with Gasteiger partial charge in [0.1, 0.15) is 0 Å². The van der Waals surface area contributed by atoms with E-state index in [1.165, 1.54) is 9.75 Å². The molecule has 0 aliphatic rings. The average Bonchev–Trinajstić information content (AvgIpc) is 2.62. The minimum Gasteiger partial charge on any atom is -0.348 e. The van der Waals surface area contributed by atoms with Crippen LogP contribution in [0, 0.1) is 6.92 Å². The summed E-state index contributed by atoms with van der Waals surface area (Å²) in [4.78, 5) is 14.0. The van der Waals surface area contributed by atoms with Gasteiger partial charge in [-0.2, -0.15) is 0 Å². The van der Waals surface area contributed by atoms with Crippen LogP contribution < -0.4 is 10.6 Å². The van der Waals surface area contributed by atoms with Crippen LogP contribution in [0.5, 0.6) is 0 Å². The average molecular weight is 240 g/mol. The molecule has 0 saturated carbocycles. The highest BCUT2D eigenvalue weighted by atomic mass is 32.1. The second kappa shape index (κ2) is 6.01. The van der Waals surface area contributed by atoms with Crippen molar-refractivity contribution in [1.82, 2.24) is 10.6 Å². The molecule has 1 atom stereocenters. The Morgan fingerprint density at radius 1 is 1.38 bits per heavy atom. The Bertz CT molecular complexity index is 347. The molecule has 0 aliphatic heterocycles. The van der Waals surface area contributed by atoms with Crippen molar-refractivity contribution < 1.29 is 4.79 Å². The third-order valence-electron chi connectivity index (χ3n) is 2.24. The first-order valence-corrected chi connectivity index (χ1v) is 6.39. The Morgan fingerprint density at radius 2 is 2.06 bits per heavy atom. The smallest absolute Gasteiger partial charge is 0.234 e. The molecule has 0 saturated heterocycles. The van der Waals surface area contributed by atoms with Crippen molar-refractivity contribution in [3.05, 3.63) is 21.9 Å². The van der Waals surface area contributed by atoms with Crippen LogP contribution in [0.3, 0.4) is 0 Å². The Balaban J connectivity index is 2.39. The van der Waals surface area contributed by atoms with E-state index in [-0.39, 0.29) is 11.9 Å². The zero-order valence-corrected chi connectivity index (χ0v) is 11.1. The number of rotatable bonds is 5. The lowest BCUT2D eigenvalue weighted by atomic mass is 10.2. The molecule has 2 N–H and O–H groups in total. The highest BCUT2D eigenvalue weighted by Gasteiger charge is 2.10. The molecule has 1 amide bonds. The third-order valence-corrected chi connectivity index (χ3v) is 3.42. The van der Waals surface area contributed by atoms with Crippen LogP contribution in [-0.4, -0.2) is 18.5 Å². The molecule has 1 unspecified atom stereocenters. The summed E-state index contributed by atoms with van der Waals surface area (Å²) in [7, 11) is 0. The number of thiophene rings is 1. The fourth-order valence-corrected chi connectivity index (χ4v) is 2.23. The van der Waals surface area contributed by atoms with Crippen molar-refractivity contribution in [1.29, 1.82) is 0 Å². The summed E-state index contributed by atoms with van der Waals surface area (Å²) in [6.45, 7) is 8.52. The van der Waals surface area contributed by atoms with Gasteiger partial charge in [0.2, 0.25) is 5.91 Å². The molecule has 0 aliphatic carbocycles. The lowest BCUT2D eigenvalue weighted by molar-refractivity contribution is -0.120. The molecule has 1 aromatic rings. The molecule has 1 heterocycles. The van der Waals surface area contributed by atoms with Gasteiger partial charge in [-0.25, -0.2) is 0 Å². The monoisotopic (exact) mass is 240 g/mol. The fourth-order valence-electron chi connectivity index (χ4n) is 1.35. The maximum Gasteiger partial charge on any atom is 0.234 e. The van der Waals surface area contributed by atoms with Gasteiger partial charge in [-0.1, -0.05) is 13.8 Å². The Kier molecular flexibility index (Phi) is 4.96. The first kappa shape index (κ1) is 13.2. The summed E-state index contributed by atoms with van der Waals surface area (Å²) >= 11 is 1.73. The fraction of sp³-hybridized carbons (Fsp3) is 0.583. The highest BCUT2D eigenvalue weighted by Crippen LogP contribution is 2.21. The predicted molar refractivity (Wildman–Crippen MR) is 68.8 cm³/mol. The standard InChI is InChI=1S/C12H20N2OS/c1-8(2)13-7-12(15)14-10(4)11-6-5-9(3)16-11/h5-6,8,10,13H,7H2,1-4H3,(H,14,15). The summed E-state index contributed by atoms with van der Waals surface area (Å²) in [5.41, 5.74) is 0. The van der Waals surface area contributed by atoms with Crippen LogP contribution in [0.25, 0.3) is 0 Å². The van der Waals surface area contributed by atoms with Crippen LogP contribution in [-0.2, 0) is 4.79 Å². The van der Waals surface area contributed by atoms with Crippen molar-refractivity contribution >= 4 is 17.2 Å². The van der Waals surface area contributed by atoms with E-state index in [1.54, 1.807) is 11.3 Å². The van der Waals surface area contributed by atoms with E-state index >= 15 is 0 Å². The van der Waals surface area contributed by atoms with E-state index in [0.717, 1.165) is 0 Å². The first-order valence-electron chi connectivity index (χ1n) is 5.58. The minimum absolute atomic E-state index is 0.0484. The van der Waals surface area contributed by atoms with Gasteiger partial charge in [0, 0.05) is 15.8 Å². The molecule has 0 fully saturated rings. The van der Waals surface area contributed by atoms with Crippen molar-refractivity contribution in [2.24, 2.45) is 0 Å². The Labute approximate surface area is 101 Å². The largest absolute Gasteiger partial charge is 0.348 e. The normalized spacial score (nSPS) is 12.8. The minimum atomic E-state index is 0.0484. The lowest BCUT2D eigenvalue weighted by Gasteiger charge is -2.13. The molecule has 0 bridgehead atoms. The summed E-state index contributed by atoms with van der Waals surface area (Å²) in [6, 6.07) is 4.58. The summed E-state index contributed by atoms with van der Waals surface area (Å²) in [5.74, 6) is 0.0484. The van der Waals surface area contributed by atoms with E-state index in [9.17, 15) is 4.79 Å². The number of carbonyl (C=O) groups excluding carboxylic acids is 1. The van der Waals surface area contributed by atoms with Crippen LogP contribution in [0.1, 0.15) is 36.6 Å². The molecule has 0 spiro atoms. The molecule has 3 nitrogen and oxygen atoms in total. The van der Waals surface area contributed by atoms with Crippen molar-refractivity contribution in [2.75, 3.05) is 6.54 Å². The van der Waals surface area contributed by atoms with Gasteiger partial charge in [0.05, 0.1) is 12.6 Å². The summed E-state index contributed by atoms with van der Waals surface area (Å²) in [5, 5.41) is 6.07. The zero-order chi connectivity index (χ0) is 12.1. The van der Waals surface area contributed by atoms with E-state index in [1.807, 2.05) is 20.8 Å². The number of carbonyl (C=O) groups is 1. The third kappa shape index (κ3) is 4.33. The van der Waals surface area contributed by atoms with Gasteiger partial charge in [-0.05, 0) is 26.0 Å². The van der Waals surface area contributed by atoms with Gasteiger partial charge >= 0.3 is 0 Å². The van der Waals surface area contributed by atoms with Crippen LogP contribution in [0.15, 0.2) is 12.1 Å². The molecular formula is C12H20N2OS. The molecular weight excluding hydrogens is 220 g/mol. The molecule has 0 aromatic carbocycles. The topological polar surface area (TPSA) is 41.1 Å². The second-order valence-electron chi connectivity index (χ2n) is 4.27. The van der Waals surface area contributed by atoms with Crippen molar-refractivity contribution in [3.63, 3.8) is 0 Å². The number of aryl methyl sites for hydroxylation is 1. The highest BCUT2D eigenvalue weighted by molar-refractivity contribution is 7.12. The van der Waals surface area contributed by atoms with Gasteiger partial charge in [0.15, 0.2) is 0 Å². The Hall–Kier alpha value is -0.870. The lowest BCUT2D eigenvalue weighted by Crippen LogP contribution is -2.37. The molecule has 0 radical (unpaired) electrons. The molecule has 4 heteroatoms. The number of amides is 1. The first-order chi connectivity index (χ1) is 7.49. The van der Waals surface area contributed by atoms with Crippen LogP contribution in [0.2, 0.25) is 0 Å². The second-order valence-corrected chi connectivity index (χ2v) is 5.59. The maximum atomic E-state index is 11.6. The van der Waals surface area contributed by atoms with Crippen molar-refractivity contribution in [2.45, 2.75) is 39.8 Å². The van der Waals surface area contributed by atoms with E-state index in [0.29, 0.717) is 12.6 Å². The van der Waals surface area contributed by atoms with E-state index in [4.69, 9.17) is 0 Å². The molecule has 1 rings (SSSR count).